The van der Waals surface area contributed by atoms with Crippen molar-refractivity contribution in [3.63, 3.8) is 0 Å². The highest BCUT2D eigenvalue weighted by atomic mass is 35.5. The molecule has 0 aliphatic carbocycles. The van der Waals surface area contributed by atoms with Crippen molar-refractivity contribution in [1.82, 2.24) is 20.0 Å². The topological polar surface area (TPSA) is 64.8 Å². The molecule has 0 aromatic heterocycles. The molecule has 1 saturated heterocycles. The third-order valence-corrected chi connectivity index (χ3v) is 5.53. The van der Waals surface area contributed by atoms with Crippen LogP contribution in [0.1, 0.15) is 12.5 Å². The first-order valence-electron chi connectivity index (χ1n) is 9.18. The predicted molar refractivity (Wildman–Crippen MR) is 107 cm³/mol. The van der Waals surface area contributed by atoms with E-state index in [-0.39, 0.29) is 12.1 Å². The van der Waals surface area contributed by atoms with Crippen molar-refractivity contribution in [3.8, 4) is 0 Å². The molecule has 1 aromatic carbocycles. The highest BCUT2D eigenvalue weighted by Gasteiger charge is 2.32. The second-order valence-corrected chi connectivity index (χ2v) is 7.53. The molecule has 1 fully saturated rings. The minimum absolute atomic E-state index is 0.0662. The maximum Gasteiger partial charge on any atom is 0.219 e. The van der Waals surface area contributed by atoms with Gasteiger partial charge in [0.25, 0.3) is 0 Å². The van der Waals surface area contributed by atoms with Crippen LogP contribution < -0.4 is 11.1 Å². The van der Waals surface area contributed by atoms with Gasteiger partial charge < -0.3 is 20.9 Å². The van der Waals surface area contributed by atoms with Crippen LogP contribution in [-0.4, -0.2) is 59.5 Å². The van der Waals surface area contributed by atoms with Crippen LogP contribution in [0.2, 0.25) is 5.02 Å². The first kappa shape index (κ1) is 17.9. The largest absolute Gasteiger partial charge is 0.398 e. The lowest BCUT2D eigenvalue weighted by atomic mass is 10.1. The number of amides is 1. The molecule has 1 amide bonds. The number of hydrogen-bond donors (Lipinski definition) is 2. The molecule has 3 aliphatic heterocycles. The molecule has 0 spiro atoms. The highest BCUT2D eigenvalue weighted by molar-refractivity contribution is 6.30. The molecule has 0 bridgehead atoms. The Morgan fingerprint density at radius 2 is 1.93 bits per heavy atom. The van der Waals surface area contributed by atoms with Crippen LogP contribution in [0.3, 0.4) is 0 Å². The molecule has 3 N–H and O–H groups in total. The summed E-state index contributed by atoms with van der Waals surface area (Å²) in [5.41, 5.74) is 10.2. The van der Waals surface area contributed by atoms with E-state index >= 15 is 0 Å². The number of fused-ring (bicyclic) bond motifs is 1. The quantitative estimate of drug-likeness (QED) is 0.830. The average molecular weight is 386 g/mol. The van der Waals surface area contributed by atoms with E-state index < -0.39 is 0 Å². The molecule has 0 radical (unpaired) electrons. The van der Waals surface area contributed by atoms with Crippen molar-refractivity contribution in [3.05, 3.63) is 64.6 Å². The number of benzene rings is 1. The van der Waals surface area contributed by atoms with Crippen LogP contribution in [0.5, 0.6) is 0 Å². The molecule has 6 nitrogen and oxygen atoms in total. The lowest BCUT2D eigenvalue weighted by Crippen LogP contribution is -2.49. The molecule has 3 heterocycles. The van der Waals surface area contributed by atoms with Gasteiger partial charge in [-0.3, -0.25) is 9.69 Å². The third kappa shape index (κ3) is 3.68. The maximum atomic E-state index is 11.6. The van der Waals surface area contributed by atoms with E-state index in [2.05, 4.69) is 21.2 Å². The number of halogens is 1. The number of nitrogens with two attached hydrogens (primary N) is 1. The zero-order valence-electron chi connectivity index (χ0n) is 15.4. The van der Waals surface area contributed by atoms with Crippen molar-refractivity contribution in [2.24, 2.45) is 5.73 Å². The van der Waals surface area contributed by atoms with E-state index in [9.17, 15) is 4.79 Å². The summed E-state index contributed by atoms with van der Waals surface area (Å²) in [5.74, 6) is 0.148. The number of nitrogens with zero attached hydrogens (tertiary/aromatic N) is 3. The van der Waals surface area contributed by atoms with Crippen LogP contribution in [0.15, 0.2) is 54.0 Å². The SMILES string of the molecule is CC(=O)N1CCN(CC2=C(c3ccc(Cl)cc3)NC3C=CC(N)=CN23)CC1. The second-order valence-electron chi connectivity index (χ2n) is 7.10. The first-order chi connectivity index (χ1) is 13.0. The van der Waals surface area contributed by atoms with Crippen molar-refractivity contribution >= 4 is 23.2 Å². The monoisotopic (exact) mass is 385 g/mol. The standard InChI is InChI=1S/C20H24ClN5O/c1-14(27)25-10-8-24(9-11-25)13-18-20(15-2-4-16(21)5-3-15)23-19-7-6-17(22)12-26(18)19/h2-7,12,19,23H,8-11,13,22H2,1H3. The van der Waals surface area contributed by atoms with Crippen LogP contribution >= 0.6 is 11.6 Å². The molecular weight excluding hydrogens is 362 g/mol. The summed E-state index contributed by atoms with van der Waals surface area (Å²) in [5, 5.41) is 4.32. The third-order valence-electron chi connectivity index (χ3n) is 5.28. The molecule has 4 rings (SSSR count). The summed E-state index contributed by atoms with van der Waals surface area (Å²) >= 11 is 6.07. The van der Waals surface area contributed by atoms with Crippen LogP contribution in [-0.2, 0) is 4.79 Å². The van der Waals surface area contributed by atoms with Crippen molar-refractivity contribution in [1.29, 1.82) is 0 Å². The van der Waals surface area contributed by atoms with Crippen LogP contribution in [0, 0.1) is 0 Å². The Morgan fingerprint density at radius 3 is 2.59 bits per heavy atom. The molecule has 142 valence electrons. The average Bonchev–Trinajstić information content (AvgIpc) is 3.00. The molecule has 0 saturated carbocycles. The first-order valence-corrected chi connectivity index (χ1v) is 9.56. The molecular formula is C20H24ClN5O. The van der Waals surface area contributed by atoms with Crippen molar-refractivity contribution in [2.45, 2.75) is 13.1 Å². The van der Waals surface area contributed by atoms with Gasteiger partial charge in [0.05, 0.1) is 11.4 Å². The van der Waals surface area contributed by atoms with E-state index in [1.54, 1.807) is 6.92 Å². The normalized spacial score (nSPS) is 22.6. The molecule has 3 aliphatic rings. The molecule has 1 atom stereocenters. The highest BCUT2D eigenvalue weighted by Crippen LogP contribution is 2.32. The zero-order chi connectivity index (χ0) is 19.0. The lowest BCUT2D eigenvalue weighted by molar-refractivity contribution is -0.130. The fourth-order valence-corrected chi connectivity index (χ4v) is 3.89. The Bertz CT molecular complexity index is 821. The van der Waals surface area contributed by atoms with E-state index in [0.717, 1.165) is 54.7 Å². The summed E-state index contributed by atoms with van der Waals surface area (Å²) in [6.45, 7) is 5.71. The number of hydrogen-bond acceptors (Lipinski definition) is 5. The second kappa shape index (κ2) is 7.29. The molecule has 1 unspecified atom stereocenters. The van der Waals surface area contributed by atoms with Gasteiger partial charge in [-0.1, -0.05) is 23.7 Å². The Labute approximate surface area is 164 Å². The number of carbonyl (C=O) groups is 1. The number of nitrogens with one attached hydrogen (secondary N) is 1. The summed E-state index contributed by atoms with van der Waals surface area (Å²) < 4.78 is 0. The van der Waals surface area contributed by atoms with Gasteiger partial charge in [-0.25, -0.2) is 0 Å². The van der Waals surface area contributed by atoms with Gasteiger partial charge >= 0.3 is 0 Å². The molecule has 1 aromatic rings. The lowest BCUT2D eigenvalue weighted by Gasteiger charge is -2.36. The van der Waals surface area contributed by atoms with Gasteiger partial charge in [0.2, 0.25) is 5.91 Å². The number of allylic oxidation sites excluding steroid dienone is 1. The van der Waals surface area contributed by atoms with E-state index in [1.807, 2.05) is 41.4 Å². The Kier molecular flexibility index (Phi) is 4.85. The van der Waals surface area contributed by atoms with Gasteiger partial charge in [0.15, 0.2) is 0 Å². The van der Waals surface area contributed by atoms with Gasteiger partial charge in [-0.05, 0) is 29.8 Å². The van der Waals surface area contributed by atoms with Crippen molar-refractivity contribution < 1.29 is 4.79 Å². The van der Waals surface area contributed by atoms with E-state index in [0.29, 0.717) is 0 Å². The summed E-state index contributed by atoms with van der Waals surface area (Å²) in [4.78, 5) is 18.1. The zero-order valence-corrected chi connectivity index (χ0v) is 16.1. The summed E-state index contributed by atoms with van der Waals surface area (Å²) in [6, 6.07) is 7.89. The Balaban J connectivity index is 1.60. The van der Waals surface area contributed by atoms with E-state index in [4.69, 9.17) is 17.3 Å². The molecule has 7 heteroatoms. The Hall–Kier alpha value is -2.44. The van der Waals surface area contributed by atoms with Gasteiger partial charge in [-0.2, -0.15) is 0 Å². The Morgan fingerprint density at radius 1 is 1.22 bits per heavy atom. The fraction of sp³-hybridized carbons (Fsp3) is 0.350. The minimum atomic E-state index is 0.0662. The van der Waals surface area contributed by atoms with Crippen LogP contribution in [0.25, 0.3) is 5.70 Å². The molecule has 27 heavy (non-hydrogen) atoms. The van der Waals surface area contributed by atoms with Gasteiger partial charge in [0, 0.05) is 56.6 Å². The van der Waals surface area contributed by atoms with Crippen molar-refractivity contribution in [2.75, 3.05) is 32.7 Å². The van der Waals surface area contributed by atoms with Crippen LogP contribution in [0.4, 0.5) is 0 Å². The maximum absolute atomic E-state index is 11.6. The van der Waals surface area contributed by atoms with Gasteiger partial charge in [0.1, 0.15) is 6.17 Å². The van der Waals surface area contributed by atoms with Gasteiger partial charge in [-0.15, -0.1) is 0 Å². The minimum Gasteiger partial charge on any atom is -0.398 e. The predicted octanol–water partition coefficient (Wildman–Crippen LogP) is 1.77. The number of piperazine rings is 1. The number of carbonyl (C=O) groups excluding carboxylic acids is 1. The van der Waals surface area contributed by atoms with E-state index in [1.165, 1.54) is 5.70 Å². The summed E-state index contributed by atoms with van der Waals surface area (Å²) in [7, 11) is 0. The smallest absolute Gasteiger partial charge is 0.219 e. The summed E-state index contributed by atoms with van der Waals surface area (Å²) in [6.07, 6.45) is 6.06. The fourth-order valence-electron chi connectivity index (χ4n) is 3.76. The number of rotatable bonds is 3.